The second kappa shape index (κ2) is 11.7. The van der Waals surface area contributed by atoms with Gasteiger partial charge < -0.3 is 15.7 Å². The molecule has 0 rings (SSSR count). The summed E-state index contributed by atoms with van der Waals surface area (Å²) in [6, 6.07) is 0. The number of nitrogens with one attached hydrogen (secondary N) is 2. The zero-order valence-electron chi connectivity index (χ0n) is 14.4. The van der Waals surface area contributed by atoms with Gasteiger partial charge in [-0.2, -0.15) is 0 Å². The fourth-order valence-corrected chi connectivity index (χ4v) is 2.87. The molecule has 22 heavy (non-hydrogen) atoms. The fraction of sp³-hybridized carbons (Fsp3) is 0.933. The third kappa shape index (κ3) is 10.8. The zero-order valence-corrected chi connectivity index (χ0v) is 15.2. The molecule has 0 aliphatic carbocycles. The number of sulfone groups is 1. The number of aliphatic hydroxyl groups is 1. The molecule has 0 heterocycles. The Morgan fingerprint density at radius 1 is 1.23 bits per heavy atom. The highest BCUT2D eigenvalue weighted by Gasteiger charge is 2.11. The van der Waals surface area contributed by atoms with Crippen LogP contribution in [0.4, 0.5) is 0 Å². The Morgan fingerprint density at radius 2 is 1.91 bits per heavy atom. The van der Waals surface area contributed by atoms with Crippen LogP contribution in [0.2, 0.25) is 0 Å². The molecule has 0 saturated heterocycles. The summed E-state index contributed by atoms with van der Waals surface area (Å²) < 4.78 is 23.0. The quantitative estimate of drug-likeness (QED) is 0.387. The van der Waals surface area contributed by atoms with E-state index in [4.69, 9.17) is 5.11 Å². The Labute approximate surface area is 135 Å². The molecule has 0 aromatic heterocycles. The SMILES string of the molecule is CCNC(=NCC(CCO)CC(C)C)NCCS(=O)(=O)CC. The van der Waals surface area contributed by atoms with Crippen molar-refractivity contribution >= 4 is 15.8 Å². The first-order chi connectivity index (χ1) is 10.3. The summed E-state index contributed by atoms with van der Waals surface area (Å²) in [6.45, 7) is 9.83. The number of aliphatic imine (C=N–C) groups is 1. The molecule has 0 aliphatic rings. The monoisotopic (exact) mass is 335 g/mol. The van der Waals surface area contributed by atoms with E-state index in [9.17, 15) is 8.42 Å². The number of rotatable bonds is 11. The van der Waals surface area contributed by atoms with Crippen molar-refractivity contribution < 1.29 is 13.5 Å². The number of aliphatic hydroxyl groups excluding tert-OH is 1. The van der Waals surface area contributed by atoms with Crippen molar-refractivity contribution in [2.75, 3.05) is 37.7 Å². The third-order valence-corrected chi connectivity index (χ3v) is 5.05. The number of nitrogens with zero attached hydrogens (tertiary/aromatic N) is 1. The zero-order chi connectivity index (χ0) is 17.0. The molecule has 132 valence electrons. The molecule has 0 aliphatic heterocycles. The Bertz CT molecular complexity index is 408. The van der Waals surface area contributed by atoms with Crippen LogP contribution in [-0.4, -0.2) is 57.2 Å². The molecule has 0 amide bonds. The normalized spacial score (nSPS) is 14.2. The van der Waals surface area contributed by atoms with E-state index in [0.717, 1.165) is 19.4 Å². The van der Waals surface area contributed by atoms with Crippen molar-refractivity contribution in [2.45, 2.75) is 40.5 Å². The van der Waals surface area contributed by atoms with Gasteiger partial charge in [-0.1, -0.05) is 20.8 Å². The molecule has 1 atom stereocenters. The van der Waals surface area contributed by atoms with Crippen LogP contribution in [-0.2, 0) is 9.84 Å². The van der Waals surface area contributed by atoms with Gasteiger partial charge in [-0.3, -0.25) is 4.99 Å². The van der Waals surface area contributed by atoms with Gasteiger partial charge in [0.2, 0.25) is 0 Å². The van der Waals surface area contributed by atoms with Crippen LogP contribution < -0.4 is 10.6 Å². The van der Waals surface area contributed by atoms with E-state index in [1.807, 2.05) is 6.92 Å². The van der Waals surface area contributed by atoms with Crippen LogP contribution in [0.25, 0.3) is 0 Å². The predicted molar refractivity (Wildman–Crippen MR) is 93.0 cm³/mol. The van der Waals surface area contributed by atoms with Gasteiger partial charge in [0, 0.05) is 32.0 Å². The maximum absolute atomic E-state index is 11.5. The lowest BCUT2D eigenvalue weighted by Gasteiger charge is -2.17. The van der Waals surface area contributed by atoms with Gasteiger partial charge in [0.15, 0.2) is 15.8 Å². The topological polar surface area (TPSA) is 90.8 Å². The minimum Gasteiger partial charge on any atom is -0.396 e. The van der Waals surface area contributed by atoms with E-state index in [0.29, 0.717) is 30.9 Å². The molecule has 7 heteroatoms. The van der Waals surface area contributed by atoms with Gasteiger partial charge in [-0.25, -0.2) is 8.42 Å². The third-order valence-electron chi connectivity index (χ3n) is 3.34. The second-order valence-corrected chi connectivity index (χ2v) is 8.36. The van der Waals surface area contributed by atoms with Gasteiger partial charge in [0.05, 0.1) is 5.75 Å². The Hall–Kier alpha value is -0.820. The van der Waals surface area contributed by atoms with Crippen LogP contribution in [0, 0.1) is 11.8 Å². The van der Waals surface area contributed by atoms with E-state index in [1.54, 1.807) is 6.92 Å². The maximum atomic E-state index is 11.5. The van der Waals surface area contributed by atoms with E-state index in [2.05, 4.69) is 29.5 Å². The molecule has 0 spiro atoms. The van der Waals surface area contributed by atoms with Crippen molar-refractivity contribution in [3.05, 3.63) is 0 Å². The molecule has 0 bridgehead atoms. The predicted octanol–water partition coefficient (Wildman–Crippen LogP) is 1.02. The van der Waals surface area contributed by atoms with Crippen molar-refractivity contribution in [2.24, 2.45) is 16.8 Å². The largest absolute Gasteiger partial charge is 0.396 e. The standard InChI is InChI=1S/C15H33N3O3S/c1-5-16-15(17-8-10-22(20,21)6-2)18-12-14(7-9-19)11-13(3)4/h13-14,19H,5-12H2,1-4H3,(H2,16,17,18). The highest BCUT2D eigenvalue weighted by Crippen LogP contribution is 2.15. The molecule has 0 radical (unpaired) electrons. The first kappa shape index (κ1) is 21.2. The van der Waals surface area contributed by atoms with Crippen molar-refractivity contribution in [1.29, 1.82) is 0 Å². The lowest BCUT2D eigenvalue weighted by atomic mass is 9.94. The summed E-state index contributed by atoms with van der Waals surface area (Å²) in [5.41, 5.74) is 0. The first-order valence-electron chi connectivity index (χ1n) is 8.18. The van der Waals surface area contributed by atoms with Gasteiger partial charge >= 0.3 is 0 Å². The summed E-state index contributed by atoms with van der Waals surface area (Å²) in [5, 5.41) is 15.3. The van der Waals surface area contributed by atoms with Crippen LogP contribution in [0.5, 0.6) is 0 Å². The summed E-state index contributed by atoms with van der Waals surface area (Å²) in [7, 11) is -2.96. The average Bonchev–Trinajstić information content (AvgIpc) is 2.44. The Balaban J connectivity index is 4.50. The summed E-state index contributed by atoms with van der Waals surface area (Å²) in [5.74, 6) is 1.83. The molecule has 0 saturated carbocycles. The van der Waals surface area contributed by atoms with Crippen LogP contribution in [0.15, 0.2) is 4.99 Å². The summed E-state index contributed by atoms with van der Waals surface area (Å²) in [6.07, 6.45) is 1.76. The summed E-state index contributed by atoms with van der Waals surface area (Å²) in [4.78, 5) is 4.52. The van der Waals surface area contributed by atoms with Crippen molar-refractivity contribution in [3.8, 4) is 0 Å². The molecule has 1 unspecified atom stereocenters. The van der Waals surface area contributed by atoms with Gasteiger partial charge in [0.1, 0.15) is 0 Å². The van der Waals surface area contributed by atoms with Gasteiger partial charge in [-0.05, 0) is 31.6 Å². The van der Waals surface area contributed by atoms with E-state index < -0.39 is 9.84 Å². The molecule has 0 aromatic rings. The Morgan fingerprint density at radius 3 is 2.41 bits per heavy atom. The Kier molecular flexibility index (Phi) is 11.3. The fourth-order valence-electron chi connectivity index (χ4n) is 2.16. The van der Waals surface area contributed by atoms with Crippen molar-refractivity contribution in [1.82, 2.24) is 10.6 Å². The van der Waals surface area contributed by atoms with Gasteiger partial charge in [-0.15, -0.1) is 0 Å². The minimum atomic E-state index is -2.96. The minimum absolute atomic E-state index is 0.111. The van der Waals surface area contributed by atoms with Crippen LogP contribution in [0.1, 0.15) is 40.5 Å². The maximum Gasteiger partial charge on any atom is 0.191 e. The van der Waals surface area contributed by atoms with Crippen LogP contribution >= 0.6 is 0 Å². The van der Waals surface area contributed by atoms with E-state index in [1.165, 1.54) is 0 Å². The highest BCUT2D eigenvalue weighted by molar-refractivity contribution is 7.91. The lowest BCUT2D eigenvalue weighted by Crippen LogP contribution is -2.40. The first-order valence-corrected chi connectivity index (χ1v) is 10.00. The lowest BCUT2D eigenvalue weighted by molar-refractivity contribution is 0.245. The van der Waals surface area contributed by atoms with E-state index >= 15 is 0 Å². The molecular weight excluding hydrogens is 302 g/mol. The number of guanidine groups is 1. The molecule has 3 N–H and O–H groups in total. The smallest absolute Gasteiger partial charge is 0.191 e. The van der Waals surface area contributed by atoms with Gasteiger partial charge in [0.25, 0.3) is 0 Å². The van der Waals surface area contributed by atoms with Crippen molar-refractivity contribution in [3.63, 3.8) is 0 Å². The second-order valence-electron chi connectivity index (χ2n) is 5.89. The number of hydrogen-bond donors (Lipinski definition) is 3. The molecular formula is C15H33N3O3S. The van der Waals surface area contributed by atoms with Crippen LogP contribution in [0.3, 0.4) is 0 Å². The molecule has 0 aromatic carbocycles. The molecule has 6 nitrogen and oxygen atoms in total. The average molecular weight is 336 g/mol. The molecule has 0 fully saturated rings. The summed E-state index contributed by atoms with van der Waals surface area (Å²) >= 11 is 0. The highest BCUT2D eigenvalue weighted by atomic mass is 32.2. The number of hydrogen-bond acceptors (Lipinski definition) is 4. The van der Waals surface area contributed by atoms with E-state index in [-0.39, 0.29) is 18.1 Å².